The summed E-state index contributed by atoms with van der Waals surface area (Å²) in [6, 6.07) is 7.70. The number of likely N-dealkylation sites (N-methyl/N-ethyl adjacent to an activating group) is 1. The smallest absolute Gasteiger partial charge is 0.234 e. The maximum atomic E-state index is 11.7. The third-order valence-electron chi connectivity index (χ3n) is 2.78. The number of nitrogens with one attached hydrogen (secondary N) is 1. The zero-order chi connectivity index (χ0) is 14.4. The van der Waals surface area contributed by atoms with Crippen LogP contribution in [-0.2, 0) is 4.79 Å². The van der Waals surface area contributed by atoms with Crippen molar-refractivity contribution in [2.75, 3.05) is 20.2 Å². The molecule has 19 heavy (non-hydrogen) atoms. The molecule has 0 radical (unpaired) electrons. The molecule has 1 unspecified atom stereocenters. The van der Waals surface area contributed by atoms with Crippen LogP contribution in [0.1, 0.15) is 25.5 Å². The van der Waals surface area contributed by atoms with Crippen molar-refractivity contribution in [2.24, 2.45) is 0 Å². The third-order valence-corrected chi connectivity index (χ3v) is 3.27. The lowest BCUT2D eigenvalue weighted by atomic mass is 10.1. The van der Waals surface area contributed by atoms with Crippen molar-refractivity contribution in [1.29, 1.82) is 0 Å². The summed E-state index contributed by atoms with van der Waals surface area (Å²) in [6.45, 7) is 4.09. The zero-order valence-electron chi connectivity index (χ0n) is 11.6. The molecule has 0 aliphatic heterocycles. The molecule has 1 aromatic rings. The number of aliphatic hydroxyl groups excluding tert-OH is 1. The summed E-state index contributed by atoms with van der Waals surface area (Å²) in [5, 5.41) is 12.4. The van der Waals surface area contributed by atoms with Crippen molar-refractivity contribution in [2.45, 2.75) is 25.9 Å². The number of halogens is 1. The Balaban J connectivity index is 2.71. The molecule has 0 bridgehead atoms. The van der Waals surface area contributed by atoms with E-state index in [2.05, 4.69) is 21.2 Å². The Morgan fingerprint density at radius 3 is 2.68 bits per heavy atom. The van der Waals surface area contributed by atoms with Crippen molar-refractivity contribution in [3.05, 3.63) is 34.3 Å². The molecule has 2 N–H and O–H groups in total. The molecule has 5 heteroatoms. The number of hydrogen-bond acceptors (Lipinski definition) is 3. The predicted molar refractivity (Wildman–Crippen MR) is 79.9 cm³/mol. The SMILES string of the molecule is CC(C)NC(=O)CN(C)C(CO)c1cccc(Br)c1. The van der Waals surface area contributed by atoms with E-state index >= 15 is 0 Å². The van der Waals surface area contributed by atoms with E-state index in [1.54, 1.807) is 0 Å². The van der Waals surface area contributed by atoms with E-state index in [0.717, 1.165) is 10.0 Å². The van der Waals surface area contributed by atoms with Gasteiger partial charge in [-0.3, -0.25) is 9.69 Å². The molecule has 4 nitrogen and oxygen atoms in total. The normalized spacial score (nSPS) is 12.8. The van der Waals surface area contributed by atoms with E-state index in [0.29, 0.717) is 0 Å². The Labute approximate surface area is 122 Å². The van der Waals surface area contributed by atoms with E-state index in [4.69, 9.17) is 0 Å². The quantitative estimate of drug-likeness (QED) is 0.839. The van der Waals surface area contributed by atoms with Crippen molar-refractivity contribution >= 4 is 21.8 Å². The lowest BCUT2D eigenvalue weighted by Crippen LogP contribution is -2.40. The van der Waals surface area contributed by atoms with Gasteiger partial charge in [0.25, 0.3) is 0 Å². The molecule has 1 amide bonds. The Morgan fingerprint density at radius 1 is 1.47 bits per heavy atom. The number of amides is 1. The molecule has 0 aliphatic carbocycles. The summed E-state index contributed by atoms with van der Waals surface area (Å²) in [5.41, 5.74) is 0.983. The highest BCUT2D eigenvalue weighted by Crippen LogP contribution is 2.22. The van der Waals surface area contributed by atoms with Crippen LogP contribution in [0.15, 0.2) is 28.7 Å². The highest BCUT2D eigenvalue weighted by atomic mass is 79.9. The minimum absolute atomic E-state index is 0.0259. The van der Waals surface area contributed by atoms with Crippen LogP contribution in [-0.4, -0.2) is 42.2 Å². The van der Waals surface area contributed by atoms with Gasteiger partial charge in [0.2, 0.25) is 5.91 Å². The number of carbonyl (C=O) groups is 1. The Morgan fingerprint density at radius 2 is 2.16 bits per heavy atom. The number of benzene rings is 1. The largest absolute Gasteiger partial charge is 0.394 e. The van der Waals surface area contributed by atoms with Crippen molar-refractivity contribution < 1.29 is 9.90 Å². The van der Waals surface area contributed by atoms with Gasteiger partial charge in [0.1, 0.15) is 0 Å². The number of nitrogens with zero attached hydrogens (tertiary/aromatic N) is 1. The van der Waals surface area contributed by atoms with Crippen molar-refractivity contribution in [3.63, 3.8) is 0 Å². The van der Waals surface area contributed by atoms with Gasteiger partial charge in [-0.15, -0.1) is 0 Å². The maximum absolute atomic E-state index is 11.7. The maximum Gasteiger partial charge on any atom is 0.234 e. The van der Waals surface area contributed by atoms with Crippen LogP contribution in [0.3, 0.4) is 0 Å². The lowest BCUT2D eigenvalue weighted by molar-refractivity contribution is -0.123. The van der Waals surface area contributed by atoms with Crippen molar-refractivity contribution in [1.82, 2.24) is 10.2 Å². The molecule has 1 atom stereocenters. The fourth-order valence-electron chi connectivity index (χ4n) is 1.92. The van der Waals surface area contributed by atoms with E-state index < -0.39 is 0 Å². The molecule has 0 aromatic heterocycles. The molecule has 0 saturated heterocycles. The standard InChI is InChI=1S/C14H21BrN2O2/c1-10(2)16-14(19)8-17(3)13(9-18)11-5-4-6-12(15)7-11/h4-7,10,13,18H,8-9H2,1-3H3,(H,16,19). The summed E-state index contributed by atoms with van der Waals surface area (Å²) in [7, 11) is 1.84. The second-order valence-electron chi connectivity index (χ2n) is 4.89. The van der Waals surface area contributed by atoms with Gasteiger partial charge in [-0.05, 0) is 38.6 Å². The zero-order valence-corrected chi connectivity index (χ0v) is 13.1. The average molecular weight is 329 g/mol. The lowest BCUT2D eigenvalue weighted by Gasteiger charge is -2.26. The van der Waals surface area contributed by atoms with E-state index in [-0.39, 0.29) is 31.1 Å². The van der Waals surface area contributed by atoms with Crippen LogP contribution in [0.5, 0.6) is 0 Å². The minimum Gasteiger partial charge on any atom is -0.394 e. The number of hydrogen-bond donors (Lipinski definition) is 2. The van der Waals surface area contributed by atoms with Gasteiger partial charge in [0, 0.05) is 10.5 Å². The second-order valence-corrected chi connectivity index (χ2v) is 5.81. The van der Waals surface area contributed by atoms with E-state index in [9.17, 15) is 9.90 Å². The first-order valence-electron chi connectivity index (χ1n) is 6.30. The summed E-state index contributed by atoms with van der Waals surface area (Å²) < 4.78 is 0.962. The summed E-state index contributed by atoms with van der Waals surface area (Å²) in [5.74, 6) is -0.0362. The van der Waals surface area contributed by atoms with Gasteiger partial charge in [0.05, 0.1) is 19.2 Å². The van der Waals surface area contributed by atoms with Gasteiger partial charge in [0.15, 0.2) is 0 Å². The van der Waals surface area contributed by atoms with Crippen molar-refractivity contribution in [3.8, 4) is 0 Å². The van der Waals surface area contributed by atoms with Crippen LogP contribution >= 0.6 is 15.9 Å². The molecule has 0 heterocycles. The molecular weight excluding hydrogens is 308 g/mol. The summed E-state index contributed by atoms with van der Waals surface area (Å²) in [6.07, 6.45) is 0. The first-order chi connectivity index (χ1) is 8.93. The molecule has 1 aromatic carbocycles. The van der Waals surface area contributed by atoms with Crippen LogP contribution < -0.4 is 5.32 Å². The predicted octanol–water partition coefficient (Wildman–Crippen LogP) is 1.94. The first-order valence-corrected chi connectivity index (χ1v) is 7.09. The molecule has 106 valence electrons. The minimum atomic E-state index is -0.185. The average Bonchev–Trinajstić information content (AvgIpc) is 2.28. The summed E-state index contributed by atoms with van der Waals surface area (Å²) in [4.78, 5) is 13.6. The van der Waals surface area contributed by atoms with Crippen LogP contribution in [0, 0.1) is 0 Å². The summed E-state index contributed by atoms with van der Waals surface area (Å²) >= 11 is 3.41. The number of rotatable bonds is 6. The van der Waals surface area contributed by atoms with Crippen LogP contribution in [0.4, 0.5) is 0 Å². The van der Waals surface area contributed by atoms with Gasteiger partial charge >= 0.3 is 0 Å². The molecule has 0 spiro atoms. The molecule has 0 saturated carbocycles. The van der Waals surface area contributed by atoms with E-state index in [1.165, 1.54) is 0 Å². The first kappa shape index (κ1) is 16.1. The van der Waals surface area contributed by atoms with Crippen LogP contribution in [0.2, 0.25) is 0 Å². The molecule has 0 fully saturated rings. The topological polar surface area (TPSA) is 52.6 Å². The fourth-order valence-corrected chi connectivity index (χ4v) is 2.33. The van der Waals surface area contributed by atoms with Crippen LogP contribution in [0.25, 0.3) is 0 Å². The highest BCUT2D eigenvalue weighted by Gasteiger charge is 2.18. The van der Waals surface area contributed by atoms with Gasteiger partial charge in [-0.2, -0.15) is 0 Å². The Hall–Kier alpha value is -0.910. The molecular formula is C14H21BrN2O2. The fraction of sp³-hybridized carbons (Fsp3) is 0.500. The Bertz CT molecular complexity index is 424. The molecule has 1 rings (SSSR count). The number of aliphatic hydroxyl groups is 1. The third kappa shape index (κ3) is 5.30. The highest BCUT2D eigenvalue weighted by molar-refractivity contribution is 9.10. The second kappa shape index (κ2) is 7.62. The molecule has 0 aliphatic rings. The van der Waals surface area contributed by atoms with Gasteiger partial charge in [-0.1, -0.05) is 28.1 Å². The van der Waals surface area contributed by atoms with E-state index in [1.807, 2.05) is 50.1 Å². The van der Waals surface area contributed by atoms with Gasteiger partial charge < -0.3 is 10.4 Å². The Kier molecular flexibility index (Phi) is 6.48. The monoisotopic (exact) mass is 328 g/mol. The number of carbonyl (C=O) groups excluding carboxylic acids is 1. The van der Waals surface area contributed by atoms with Gasteiger partial charge in [-0.25, -0.2) is 0 Å².